The first-order valence-corrected chi connectivity index (χ1v) is 6.51. The van der Waals surface area contributed by atoms with E-state index in [4.69, 9.17) is 4.74 Å². The molecule has 2 heteroatoms. The largest absolute Gasteiger partial charge is 0.484 e. The van der Waals surface area contributed by atoms with Crippen molar-refractivity contribution < 1.29 is 9.53 Å². The van der Waals surface area contributed by atoms with Gasteiger partial charge in [-0.05, 0) is 36.6 Å². The minimum Gasteiger partial charge on any atom is -0.484 e. The Hall–Kier alpha value is -2.09. The summed E-state index contributed by atoms with van der Waals surface area (Å²) in [5, 5.41) is 0. The van der Waals surface area contributed by atoms with E-state index in [2.05, 4.69) is 0 Å². The van der Waals surface area contributed by atoms with Crippen LogP contribution in [0.5, 0.6) is 5.75 Å². The Kier molecular flexibility index (Phi) is 2.86. The van der Waals surface area contributed by atoms with Crippen LogP contribution in [0, 0.1) is 13.8 Å². The highest BCUT2D eigenvalue weighted by molar-refractivity contribution is 6.01. The fourth-order valence-corrected chi connectivity index (χ4v) is 2.70. The van der Waals surface area contributed by atoms with Crippen LogP contribution in [0.2, 0.25) is 0 Å². The summed E-state index contributed by atoms with van der Waals surface area (Å²) in [4.78, 5) is 12.3. The number of aryl methyl sites for hydroxylation is 2. The molecule has 96 valence electrons. The number of Topliss-reactive ketones (excluding diaryl/α,β-unsaturated/α-hetero) is 1. The molecule has 0 spiro atoms. The lowest BCUT2D eigenvalue weighted by molar-refractivity contribution is 0.0849. The maximum absolute atomic E-state index is 12.3. The highest BCUT2D eigenvalue weighted by Gasteiger charge is 2.28. The van der Waals surface area contributed by atoms with Crippen LogP contribution in [-0.2, 0) is 0 Å². The molecule has 1 unspecified atom stereocenters. The number of rotatable bonds is 1. The van der Waals surface area contributed by atoms with Crippen molar-refractivity contribution in [2.45, 2.75) is 26.4 Å². The average Bonchev–Trinajstić information content (AvgIpc) is 2.38. The molecule has 1 aliphatic heterocycles. The van der Waals surface area contributed by atoms with Crippen molar-refractivity contribution in [1.29, 1.82) is 0 Å². The maximum Gasteiger partial charge on any atom is 0.170 e. The summed E-state index contributed by atoms with van der Waals surface area (Å²) in [6, 6.07) is 13.9. The fourth-order valence-electron chi connectivity index (χ4n) is 2.70. The molecule has 0 saturated carbocycles. The lowest BCUT2D eigenvalue weighted by Gasteiger charge is -2.27. The molecule has 2 nitrogen and oxygen atoms in total. The van der Waals surface area contributed by atoms with Crippen molar-refractivity contribution in [3.63, 3.8) is 0 Å². The molecule has 0 bridgehead atoms. The van der Waals surface area contributed by atoms with Gasteiger partial charge in [0.05, 0.1) is 12.0 Å². The predicted octanol–water partition coefficient (Wildman–Crippen LogP) is 4.01. The average molecular weight is 252 g/mol. The molecule has 0 amide bonds. The van der Waals surface area contributed by atoms with Gasteiger partial charge in [0.1, 0.15) is 11.9 Å². The van der Waals surface area contributed by atoms with E-state index in [1.54, 1.807) is 0 Å². The van der Waals surface area contributed by atoms with Gasteiger partial charge >= 0.3 is 0 Å². The summed E-state index contributed by atoms with van der Waals surface area (Å²) in [5.74, 6) is 0.898. The number of ether oxygens (including phenoxy) is 1. The summed E-state index contributed by atoms with van der Waals surface area (Å²) >= 11 is 0. The molecule has 1 aliphatic rings. The standard InChI is InChI=1S/C17H16O2/c1-11-8-12(2)17-14(18)10-15(19-16(17)9-11)13-6-4-3-5-7-13/h3-9,15H,10H2,1-2H3. The minimum atomic E-state index is -0.164. The van der Waals surface area contributed by atoms with Crippen molar-refractivity contribution in [3.05, 3.63) is 64.7 Å². The van der Waals surface area contributed by atoms with Gasteiger partial charge in [0.15, 0.2) is 5.78 Å². The van der Waals surface area contributed by atoms with Crippen molar-refractivity contribution in [3.8, 4) is 5.75 Å². The van der Waals surface area contributed by atoms with Gasteiger partial charge in [-0.2, -0.15) is 0 Å². The maximum atomic E-state index is 12.3. The van der Waals surface area contributed by atoms with E-state index in [9.17, 15) is 4.79 Å². The summed E-state index contributed by atoms with van der Waals surface area (Å²) in [6.45, 7) is 3.99. The van der Waals surface area contributed by atoms with E-state index >= 15 is 0 Å². The predicted molar refractivity (Wildman–Crippen MR) is 74.7 cm³/mol. The van der Waals surface area contributed by atoms with Crippen LogP contribution in [0.25, 0.3) is 0 Å². The van der Waals surface area contributed by atoms with E-state index in [-0.39, 0.29) is 11.9 Å². The van der Waals surface area contributed by atoms with Crippen molar-refractivity contribution >= 4 is 5.78 Å². The first kappa shape index (κ1) is 12.0. The molecule has 0 saturated heterocycles. The molecule has 0 radical (unpaired) electrons. The number of hydrogen-bond acceptors (Lipinski definition) is 2. The van der Waals surface area contributed by atoms with E-state index in [0.29, 0.717) is 6.42 Å². The van der Waals surface area contributed by atoms with Crippen LogP contribution in [0.4, 0.5) is 0 Å². The van der Waals surface area contributed by atoms with Crippen LogP contribution >= 0.6 is 0 Å². The summed E-state index contributed by atoms with van der Waals surface area (Å²) in [7, 11) is 0. The number of ketones is 1. The zero-order valence-electron chi connectivity index (χ0n) is 11.1. The van der Waals surface area contributed by atoms with Crippen LogP contribution in [0.15, 0.2) is 42.5 Å². The first-order valence-electron chi connectivity index (χ1n) is 6.51. The third-order valence-corrected chi connectivity index (χ3v) is 3.53. The molecule has 0 fully saturated rings. The molecule has 0 N–H and O–H groups in total. The van der Waals surface area contributed by atoms with E-state index in [0.717, 1.165) is 28.0 Å². The molecule has 2 aromatic rings. The van der Waals surface area contributed by atoms with E-state index < -0.39 is 0 Å². The highest BCUT2D eigenvalue weighted by atomic mass is 16.5. The Bertz CT molecular complexity index is 629. The summed E-state index contributed by atoms with van der Waals surface area (Å²) < 4.78 is 6.03. The van der Waals surface area contributed by atoms with Crippen LogP contribution in [0.1, 0.15) is 39.6 Å². The van der Waals surface area contributed by atoms with Gasteiger partial charge < -0.3 is 4.74 Å². The van der Waals surface area contributed by atoms with Gasteiger partial charge in [0.2, 0.25) is 0 Å². The van der Waals surface area contributed by atoms with Crippen LogP contribution in [-0.4, -0.2) is 5.78 Å². The van der Waals surface area contributed by atoms with Gasteiger partial charge in [0.25, 0.3) is 0 Å². The second-order valence-electron chi connectivity index (χ2n) is 5.10. The Morgan fingerprint density at radius 2 is 1.84 bits per heavy atom. The van der Waals surface area contributed by atoms with E-state index in [1.807, 2.05) is 56.3 Å². The molecule has 0 aromatic heterocycles. The van der Waals surface area contributed by atoms with Gasteiger partial charge in [-0.15, -0.1) is 0 Å². The number of carbonyl (C=O) groups excluding carboxylic acids is 1. The highest BCUT2D eigenvalue weighted by Crippen LogP contribution is 2.37. The van der Waals surface area contributed by atoms with Gasteiger partial charge in [0, 0.05) is 0 Å². The number of carbonyl (C=O) groups is 1. The molecular formula is C17H16O2. The second-order valence-corrected chi connectivity index (χ2v) is 5.10. The molecule has 2 aromatic carbocycles. The molecule has 19 heavy (non-hydrogen) atoms. The third kappa shape index (κ3) is 2.14. The summed E-state index contributed by atoms with van der Waals surface area (Å²) in [5.41, 5.74) is 3.93. The zero-order chi connectivity index (χ0) is 13.4. The Balaban J connectivity index is 2.03. The topological polar surface area (TPSA) is 26.3 Å². The van der Waals surface area contributed by atoms with Crippen molar-refractivity contribution in [2.24, 2.45) is 0 Å². The number of benzene rings is 2. The van der Waals surface area contributed by atoms with Gasteiger partial charge in [-0.1, -0.05) is 36.4 Å². The Morgan fingerprint density at radius 3 is 2.58 bits per heavy atom. The minimum absolute atomic E-state index is 0.164. The fraction of sp³-hybridized carbons (Fsp3) is 0.235. The number of hydrogen-bond donors (Lipinski definition) is 0. The normalized spacial score (nSPS) is 17.8. The lowest BCUT2D eigenvalue weighted by Crippen LogP contribution is -2.21. The Morgan fingerprint density at radius 1 is 1.11 bits per heavy atom. The van der Waals surface area contributed by atoms with Crippen molar-refractivity contribution in [1.82, 2.24) is 0 Å². The molecule has 1 atom stereocenters. The summed E-state index contributed by atoms with van der Waals surface area (Å²) in [6.07, 6.45) is 0.253. The van der Waals surface area contributed by atoms with Crippen molar-refractivity contribution in [2.75, 3.05) is 0 Å². The molecular weight excluding hydrogens is 236 g/mol. The monoisotopic (exact) mass is 252 g/mol. The molecule has 1 heterocycles. The van der Waals surface area contributed by atoms with Crippen LogP contribution < -0.4 is 4.74 Å². The number of fused-ring (bicyclic) bond motifs is 1. The molecule has 0 aliphatic carbocycles. The Labute approximate surface area is 113 Å². The lowest BCUT2D eigenvalue weighted by atomic mass is 9.92. The van der Waals surface area contributed by atoms with Gasteiger partial charge in [-0.25, -0.2) is 0 Å². The SMILES string of the molecule is Cc1cc(C)c2c(c1)OC(c1ccccc1)CC2=O. The third-order valence-electron chi connectivity index (χ3n) is 3.53. The zero-order valence-corrected chi connectivity index (χ0v) is 11.1. The molecule has 3 rings (SSSR count). The van der Waals surface area contributed by atoms with Crippen LogP contribution in [0.3, 0.4) is 0 Å². The van der Waals surface area contributed by atoms with Gasteiger partial charge in [-0.3, -0.25) is 4.79 Å². The smallest absolute Gasteiger partial charge is 0.170 e. The quantitative estimate of drug-likeness (QED) is 0.766. The first-order chi connectivity index (χ1) is 9.15. The second kappa shape index (κ2) is 4.54. The van der Waals surface area contributed by atoms with E-state index in [1.165, 1.54) is 0 Å².